The predicted octanol–water partition coefficient (Wildman–Crippen LogP) is -0.188. The zero-order valence-electron chi connectivity index (χ0n) is 6.50. The highest BCUT2D eigenvalue weighted by Gasteiger charge is 2.32. The van der Waals surface area contributed by atoms with Gasteiger partial charge in [-0.1, -0.05) is 0 Å². The van der Waals surface area contributed by atoms with Crippen LogP contribution in [0.4, 0.5) is 0 Å². The molecule has 1 heterocycles. The van der Waals surface area contributed by atoms with Gasteiger partial charge in [0.25, 0.3) is 0 Å². The van der Waals surface area contributed by atoms with Crippen molar-refractivity contribution in [3.63, 3.8) is 0 Å². The summed E-state index contributed by atoms with van der Waals surface area (Å²) in [6.07, 6.45) is 0.633. The lowest BCUT2D eigenvalue weighted by atomic mass is 10.0. The van der Waals surface area contributed by atoms with Crippen LogP contribution in [0.5, 0.6) is 0 Å². The van der Waals surface area contributed by atoms with Crippen molar-refractivity contribution >= 4 is 5.91 Å². The van der Waals surface area contributed by atoms with Crippen molar-refractivity contribution < 1.29 is 4.79 Å². The second-order valence-electron chi connectivity index (χ2n) is 2.95. The van der Waals surface area contributed by atoms with Gasteiger partial charge in [-0.25, -0.2) is 0 Å². The molecule has 10 heavy (non-hydrogen) atoms. The van der Waals surface area contributed by atoms with Crippen molar-refractivity contribution in [2.75, 3.05) is 13.6 Å². The molecule has 1 rings (SSSR count). The first-order valence-corrected chi connectivity index (χ1v) is 3.62. The smallest absolute Gasteiger partial charge is 0.222 e. The van der Waals surface area contributed by atoms with Gasteiger partial charge in [0, 0.05) is 25.4 Å². The third-order valence-corrected chi connectivity index (χ3v) is 2.43. The van der Waals surface area contributed by atoms with Crippen molar-refractivity contribution in [1.29, 1.82) is 0 Å². The molecule has 0 radical (unpaired) electrons. The standard InChI is InChI=1S/C7H14N2O/c1-5-6(4-8)3-7(10)9(5)2/h5-6H,3-4,8H2,1-2H3. The van der Waals surface area contributed by atoms with E-state index < -0.39 is 0 Å². The Hall–Kier alpha value is -0.570. The van der Waals surface area contributed by atoms with Gasteiger partial charge in [-0.05, 0) is 13.5 Å². The summed E-state index contributed by atoms with van der Waals surface area (Å²) < 4.78 is 0. The van der Waals surface area contributed by atoms with E-state index in [9.17, 15) is 4.79 Å². The molecule has 3 nitrogen and oxygen atoms in total. The topological polar surface area (TPSA) is 46.3 Å². The number of hydrogen-bond donors (Lipinski definition) is 1. The molecule has 0 aromatic heterocycles. The molecule has 0 aromatic carbocycles. The third-order valence-electron chi connectivity index (χ3n) is 2.43. The number of likely N-dealkylation sites (tertiary alicyclic amines) is 1. The summed E-state index contributed by atoms with van der Waals surface area (Å²) in [4.78, 5) is 12.8. The molecule has 2 unspecified atom stereocenters. The average molecular weight is 142 g/mol. The quantitative estimate of drug-likeness (QED) is 0.551. The fourth-order valence-corrected chi connectivity index (χ4v) is 1.36. The maximum atomic E-state index is 11.0. The van der Waals surface area contributed by atoms with E-state index in [1.165, 1.54) is 0 Å². The SMILES string of the molecule is CC1C(CN)CC(=O)N1C. The van der Waals surface area contributed by atoms with Crippen LogP contribution in [0.15, 0.2) is 0 Å². The predicted molar refractivity (Wildman–Crippen MR) is 39.4 cm³/mol. The van der Waals surface area contributed by atoms with Crippen molar-refractivity contribution in [2.24, 2.45) is 11.7 Å². The summed E-state index contributed by atoms with van der Waals surface area (Å²) in [6, 6.07) is 0.331. The monoisotopic (exact) mass is 142 g/mol. The molecule has 1 saturated heterocycles. The van der Waals surface area contributed by atoms with Crippen LogP contribution in [0.3, 0.4) is 0 Å². The Labute approximate surface area is 61.2 Å². The van der Waals surface area contributed by atoms with E-state index in [-0.39, 0.29) is 5.91 Å². The van der Waals surface area contributed by atoms with E-state index in [0.717, 1.165) is 0 Å². The zero-order valence-corrected chi connectivity index (χ0v) is 6.50. The molecule has 0 aromatic rings. The van der Waals surface area contributed by atoms with Gasteiger partial charge >= 0.3 is 0 Å². The first-order chi connectivity index (χ1) is 4.66. The largest absolute Gasteiger partial charge is 0.343 e. The molecular weight excluding hydrogens is 128 g/mol. The minimum absolute atomic E-state index is 0.225. The Morgan fingerprint density at radius 2 is 2.40 bits per heavy atom. The van der Waals surface area contributed by atoms with Gasteiger partial charge in [-0.3, -0.25) is 4.79 Å². The summed E-state index contributed by atoms with van der Waals surface area (Å²) in [6.45, 7) is 2.67. The second-order valence-corrected chi connectivity index (χ2v) is 2.95. The molecule has 1 amide bonds. The number of nitrogens with two attached hydrogens (primary N) is 1. The van der Waals surface area contributed by atoms with Crippen LogP contribution in [0.25, 0.3) is 0 Å². The number of amides is 1. The summed E-state index contributed by atoms with van der Waals surface area (Å²) >= 11 is 0. The van der Waals surface area contributed by atoms with E-state index in [4.69, 9.17) is 5.73 Å². The zero-order chi connectivity index (χ0) is 7.72. The molecule has 1 aliphatic heterocycles. The Morgan fingerprint density at radius 1 is 1.80 bits per heavy atom. The van der Waals surface area contributed by atoms with E-state index in [0.29, 0.717) is 24.9 Å². The van der Waals surface area contributed by atoms with E-state index in [1.807, 2.05) is 14.0 Å². The van der Waals surface area contributed by atoms with Gasteiger partial charge in [0.05, 0.1) is 0 Å². The highest BCUT2D eigenvalue weighted by atomic mass is 16.2. The first kappa shape index (κ1) is 7.54. The summed E-state index contributed by atoms with van der Waals surface area (Å²) in [5.41, 5.74) is 5.47. The maximum absolute atomic E-state index is 11.0. The van der Waals surface area contributed by atoms with Crippen LogP contribution in [0, 0.1) is 5.92 Å². The summed E-state index contributed by atoms with van der Waals surface area (Å²) in [5.74, 6) is 0.598. The van der Waals surface area contributed by atoms with Gasteiger partial charge in [0.15, 0.2) is 0 Å². The Bertz CT molecular complexity index is 147. The molecule has 3 heteroatoms. The second kappa shape index (κ2) is 2.58. The Morgan fingerprint density at radius 3 is 2.60 bits per heavy atom. The van der Waals surface area contributed by atoms with E-state index in [2.05, 4.69) is 0 Å². The van der Waals surface area contributed by atoms with E-state index >= 15 is 0 Å². The molecule has 1 fully saturated rings. The van der Waals surface area contributed by atoms with Crippen LogP contribution in [-0.4, -0.2) is 30.4 Å². The van der Waals surface area contributed by atoms with Crippen molar-refractivity contribution in [3.8, 4) is 0 Å². The van der Waals surface area contributed by atoms with Crippen LogP contribution >= 0.6 is 0 Å². The van der Waals surface area contributed by atoms with Gasteiger partial charge in [0.2, 0.25) is 5.91 Å². The Balaban J connectivity index is 2.61. The highest BCUT2D eigenvalue weighted by molar-refractivity contribution is 5.78. The lowest BCUT2D eigenvalue weighted by Gasteiger charge is -2.18. The molecule has 0 bridgehead atoms. The summed E-state index contributed by atoms with van der Waals surface area (Å²) in [5, 5.41) is 0. The van der Waals surface area contributed by atoms with Gasteiger partial charge in [-0.2, -0.15) is 0 Å². The van der Waals surface area contributed by atoms with Crippen molar-refractivity contribution in [2.45, 2.75) is 19.4 Å². The Kier molecular flexibility index (Phi) is 1.94. The van der Waals surface area contributed by atoms with Crippen molar-refractivity contribution in [3.05, 3.63) is 0 Å². The highest BCUT2D eigenvalue weighted by Crippen LogP contribution is 2.21. The summed E-state index contributed by atoms with van der Waals surface area (Å²) in [7, 11) is 1.84. The van der Waals surface area contributed by atoms with Crippen LogP contribution in [0.2, 0.25) is 0 Å². The average Bonchev–Trinajstić information content (AvgIpc) is 2.17. The lowest BCUT2D eigenvalue weighted by Crippen LogP contribution is -2.31. The third kappa shape index (κ3) is 1.01. The minimum atomic E-state index is 0.225. The number of carbonyl (C=O) groups excluding carboxylic acids is 1. The normalized spacial score (nSPS) is 33.5. The molecular formula is C7H14N2O. The molecule has 0 aliphatic carbocycles. The first-order valence-electron chi connectivity index (χ1n) is 3.62. The van der Waals surface area contributed by atoms with Gasteiger partial charge in [0.1, 0.15) is 0 Å². The lowest BCUT2D eigenvalue weighted by molar-refractivity contribution is -0.127. The number of rotatable bonds is 1. The van der Waals surface area contributed by atoms with Crippen molar-refractivity contribution in [1.82, 2.24) is 4.90 Å². The maximum Gasteiger partial charge on any atom is 0.222 e. The fraction of sp³-hybridized carbons (Fsp3) is 0.857. The minimum Gasteiger partial charge on any atom is -0.343 e. The van der Waals surface area contributed by atoms with Crippen LogP contribution in [0.1, 0.15) is 13.3 Å². The number of nitrogens with zero attached hydrogens (tertiary/aromatic N) is 1. The van der Waals surface area contributed by atoms with Gasteiger partial charge < -0.3 is 10.6 Å². The molecule has 58 valence electrons. The number of carbonyl (C=O) groups is 1. The van der Waals surface area contributed by atoms with Crippen LogP contribution in [-0.2, 0) is 4.79 Å². The molecule has 1 aliphatic rings. The molecule has 2 atom stereocenters. The van der Waals surface area contributed by atoms with E-state index in [1.54, 1.807) is 4.90 Å². The molecule has 0 saturated carbocycles. The molecule has 2 N–H and O–H groups in total. The molecule has 0 spiro atoms. The fourth-order valence-electron chi connectivity index (χ4n) is 1.36. The van der Waals surface area contributed by atoms with Crippen LogP contribution < -0.4 is 5.73 Å². The number of hydrogen-bond acceptors (Lipinski definition) is 2. The van der Waals surface area contributed by atoms with Gasteiger partial charge in [-0.15, -0.1) is 0 Å².